The molecular formula is C17H18N2OS. The smallest absolute Gasteiger partial charge is 0.175 e. The van der Waals surface area contributed by atoms with E-state index in [0.29, 0.717) is 10.7 Å². The molecule has 0 bridgehead atoms. The van der Waals surface area contributed by atoms with Gasteiger partial charge in [-0.3, -0.25) is 4.79 Å². The third kappa shape index (κ3) is 3.89. The van der Waals surface area contributed by atoms with Gasteiger partial charge in [0.05, 0.1) is 0 Å². The van der Waals surface area contributed by atoms with Gasteiger partial charge in [-0.15, -0.1) is 0 Å². The highest BCUT2D eigenvalue weighted by Crippen LogP contribution is 2.20. The summed E-state index contributed by atoms with van der Waals surface area (Å²) >= 11 is 5.34. The number of nitrogens with one attached hydrogen (secondary N) is 2. The largest absolute Gasteiger partial charge is 0.332 e. The Balaban J connectivity index is 2.12. The zero-order chi connectivity index (χ0) is 15.4. The maximum atomic E-state index is 11.4. The molecule has 0 heterocycles. The summed E-state index contributed by atoms with van der Waals surface area (Å²) in [6.07, 6.45) is 0. The summed E-state index contributed by atoms with van der Waals surface area (Å²) in [5.41, 5.74) is 4.74. The second-order valence-corrected chi connectivity index (χ2v) is 5.39. The molecule has 2 rings (SSSR count). The Labute approximate surface area is 130 Å². The van der Waals surface area contributed by atoms with Gasteiger partial charge in [0, 0.05) is 16.9 Å². The number of hydrogen-bond donors (Lipinski definition) is 2. The molecule has 0 spiro atoms. The van der Waals surface area contributed by atoms with Crippen LogP contribution in [0.25, 0.3) is 0 Å². The van der Waals surface area contributed by atoms with Gasteiger partial charge >= 0.3 is 0 Å². The quantitative estimate of drug-likeness (QED) is 0.654. The normalized spacial score (nSPS) is 10.0. The van der Waals surface area contributed by atoms with E-state index >= 15 is 0 Å². The van der Waals surface area contributed by atoms with Crippen LogP contribution in [0.1, 0.15) is 28.4 Å². The van der Waals surface area contributed by atoms with Crippen LogP contribution in [-0.2, 0) is 0 Å². The number of ketones is 1. The van der Waals surface area contributed by atoms with Gasteiger partial charge < -0.3 is 10.6 Å². The third-order valence-corrected chi connectivity index (χ3v) is 3.45. The van der Waals surface area contributed by atoms with Crippen molar-refractivity contribution in [2.75, 3.05) is 10.6 Å². The average Bonchev–Trinajstić information content (AvgIpc) is 2.43. The highest BCUT2D eigenvalue weighted by Gasteiger charge is 2.06. The van der Waals surface area contributed by atoms with E-state index in [1.165, 1.54) is 0 Å². The van der Waals surface area contributed by atoms with Crippen molar-refractivity contribution in [3.05, 3.63) is 59.2 Å². The second-order valence-electron chi connectivity index (χ2n) is 4.98. The number of anilines is 2. The van der Waals surface area contributed by atoms with E-state index in [0.717, 1.165) is 22.5 Å². The first kappa shape index (κ1) is 15.2. The SMILES string of the molecule is CC(=O)c1cccc(NC(=S)Nc2c(C)cccc2C)c1. The number of carbonyl (C=O) groups is 1. The zero-order valence-electron chi connectivity index (χ0n) is 12.4. The lowest BCUT2D eigenvalue weighted by Gasteiger charge is -2.15. The number of rotatable bonds is 3. The highest BCUT2D eigenvalue weighted by molar-refractivity contribution is 7.80. The first-order valence-corrected chi connectivity index (χ1v) is 7.13. The summed E-state index contributed by atoms with van der Waals surface area (Å²) in [4.78, 5) is 11.4. The molecule has 3 nitrogen and oxygen atoms in total. The lowest BCUT2D eigenvalue weighted by Crippen LogP contribution is -2.20. The van der Waals surface area contributed by atoms with Crippen LogP contribution in [0.3, 0.4) is 0 Å². The number of benzene rings is 2. The Morgan fingerprint density at radius 3 is 2.24 bits per heavy atom. The van der Waals surface area contributed by atoms with Crippen LogP contribution in [0, 0.1) is 13.8 Å². The Bertz CT molecular complexity index is 675. The fourth-order valence-corrected chi connectivity index (χ4v) is 2.32. The van der Waals surface area contributed by atoms with Crippen LogP contribution < -0.4 is 10.6 Å². The van der Waals surface area contributed by atoms with Crippen LogP contribution in [0.15, 0.2) is 42.5 Å². The van der Waals surface area contributed by atoms with Gasteiger partial charge in [0.1, 0.15) is 0 Å². The first-order chi connectivity index (χ1) is 9.97. The van der Waals surface area contributed by atoms with Crippen molar-refractivity contribution >= 4 is 34.5 Å². The van der Waals surface area contributed by atoms with E-state index in [1.807, 2.05) is 44.2 Å². The summed E-state index contributed by atoms with van der Waals surface area (Å²) in [6.45, 7) is 5.62. The highest BCUT2D eigenvalue weighted by atomic mass is 32.1. The Morgan fingerprint density at radius 2 is 1.62 bits per heavy atom. The number of carbonyl (C=O) groups excluding carboxylic acids is 1. The molecule has 0 aliphatic heterocycles. The summed E-state index contributed by atoms with van der Waals surface area (Å²) in [6, 6.07) is 13.4. The fourth-order valence-electron chi connectivity index (χ4n) is 2.10. The minimum absolute atomic E-state index is 0.0345. The lowest BCUT2D eigenvalue weighted by atomic mass is 10.1. The monoisotopic (exact) mass is 298 g/mol. The third-order valence-electron chi connectivity index (χ3n) is 3.25. The number of para-hydroxylation sites is 1. The van der Waals surface area contributed by atoms with E-state index in [1.54, 1.807) is 19.1 Å². The molecule has 0 aromatic heterocycles. The van der Waals surface area contributed by atoms with E-state index < -0.39 is 0 Å². The number of hydrogen-bond acceptors (Lipinski definition) is 2. The van der Waals surface area contributed by atoms with Gasteiger partial charge in [0.25, 0.3) is 0 Å². The molecule has 0 unspecified atom stereocenters. The molecule has 0 atom stereocenters. The average molecular weight is 298 g/mol. The fraction of sp³-hybridized carbons (Fsp3) is 0.176. The predicted molar refractivity (Wildman–Crippen MR) is 92.2 cm³/mol. The van der Waals surface area contributed by atoms with Crippen molar-refractivity contribution in [2.45, 2.75) is 20.8 Å². The molecular weight excluding hydrogens is 280 g/mol. The summed E-state index contributed by atoms with van der Waals surface area (Å²) in [5, 5.41) is 6.83. The van der Waals surface area contributed by atoms with Crippen molar-refractivity contribution in [2.24, 2.45) is 0 Å². The Hall–Kier alpha value is -2.20. The zero-order valence-corrected chi connectivity index (χ0v) is 13.2. The van der Waals surface area contributed by atoms with E-state index in [4.69, 9.17) is 12.2 Å². The maximum absolute atomic E-state index is 11.4. The van der Waals surface area contributed by atoms with Crippen LogP contribution >= 0.6 is 12.2 Å². The molecule has 0 aliphatic rings. The van der Waals surface area contributed by atoms with Crippen LogP contribution in [0.2, 0.25) is 0 Å². The standard InChI is InChI=1S/C17H18N2OS/c1-11-6-4-7-12(2)16(11)19-17(21)18-15-9-5-8-14(10-15)13(3)20/h4-10H,1-3H3,(H2,18,19,21). The Morgan fingerprint density at radius 1 is 1.00 bits per heavy atom. The molecule has 2 N–H and O–H groups in total. The molecule has 2 aromatic rings. The minimum atomic E-state index is 0.0345. The number of thiocarbonyl (C=S) groups is 1. The molecule has 0 saturated carbocycles. The summed E-state index contributed by atoms with van der Waals surface area (Å²) in [5.74, 6) is 0.0345. The molecule has 2 aromatic carbocycles. The van der Waals surface area contributed by atoms with Crippen LogP contribution in [0.5, 0.6) is 0 Å². The van der Waals surface area contributed by atoms with Gasteiger partial charge in [-0.2, -0.15) is 0 Å². The predicted octanol–water partition coefficient (Wildman–Crippen LogP) is 4.31. The molecule has 108 valence electrons. The molecule has 21 heavy (non-hydrogen) atoms. The molecule has 0 fully saturated rings. The van der Waals surface area contributed by atoms with Crippen LogP contribution in [-0.4, -0.2) is 10.9 Å². The number of Topliss-reactive ketones (excluding diaryl/α,β-unsaturated/α-hetero) is 1. The van der Waals surface area contributed by atoms with Crippen molar-refractivity contribution < 1.29 is 4.79 Å². The molecule has 0 aliphatic carbocycles. The van der Waals surface area contributed by atoms with Gasteiger partial charge in [-0.1, -0.05) is 30.3 Å². The minimum Gasteiger partial charge on any atom is -0.332 e. The van der Waals surface area contributed by atoms with Gasteiger partial charge in [0.2, 0.25) is 0 Å². The Kier molecular flexibility index (Phi) is 4.70. The maximum Gasteiger partial charge on any atom is 0.175 e. The molecule has 4 heteroatoms. The summed E-state index contributed by atoms with van der Waals surface area (Å²) < 4.78 is 0. The first-order valence-electron chi connectivity index (χ1n) is 6.72. The second kappa shape index (κ2) is 6.50. The van der Waals surface area contributed by atoms with Crippen LogP contribution in [0.4, 0.5) is 11.4 Å². The van der Waals surface area contributed by atoms with Gasteiger partial charge in [0.15, 0.2) is 10.9 Å². The van der Waals surface area contributed by atoms with E-state index in [9.17, 15) is 4.79 Å². The van der Waals surface area contributed by atoms with Gasteiger partial charge in [-0.25, -0.2) is 0 Å². The lowest BCUT2D eigenvalue weighted by molar-refractivity contribution is 0.101. The molecule has 0 radical (unpaired) electrons. The van der Waals surface area contributed by atoms with Crippen molar-refractivity contribution in [3.8, 4) is 0 Å². The van der Waals surface area contributed by atoms with Crippen molar-refractivity contribution in [3.63, 3.8) is 0 Å². The van der Waals surface area contributed by atoms with Crippen molar-refractivity contribution in [1.82, 2.24) is 0 Å². The van der Waals surface area contributed by atoms with E-state index in [-0.39, 0.29) is 5.78 Å². The number of aryl methyl sites for hydroxylation is 2. The molecule has 0 amide bonds. The van der Waals surface area contributed by atoms with E-state index in [2.05, 4.69) is 10.6 Å². The molecule has 0 saturated heterocycles. The summed E-state index contributed by atoms with van der Waals surface area (Å²) in [7, 11) is 0. The van der Waals surface area contributed by atoms with Gasteiger partial charge in [-0.05, 0) is 56.2 Å². The topological polar surface area (TPSA) is 41.1 Å². The van der Waals surface area contributed by atoms with Crippen molar-refractivity contribution in [1.29, 1.82) is 0 Å².